The number of amides is 1. The highest BCUT2D eigenvalue weighted by Gasteiger charge is 2.30. The average Bonchev–Trinajstić information content (AvgIpc) is 3.65. The number of ether oxygens (including phenoxy) is 2. The number of hydrazine groups is 1. The highest BCUT2D eigenvalue weighted by atomic mass is 16.6. The van der Waals surface area contributed by atoms with Crippen LogP contribution in [0.3, 0.4) is 0 Å². The van der Waals surface area contributed by atoms with Crippen LogP contribution >= 0.6 is 0 Å². The van der Waals surface area contributed by atoms with Gasteiger partial charge in [-0.1, -0.05) is 26.2 Å². The molecule has 1 aromatic heterocycles. The summed E-state index contributed by atoms with van der Waals surface area (Å²) in [6.45, 7) is 2.78. The van der Waals surface area contributed by atoms with E-state index in [2.05, 4.69) is 6.92 Å². The molecule has 0 saturated heterocycles. The number of hydrogen-bond acceptors (Lipinski definition) is 7. The Bertz CT molecular complexity index is 816. The molecule has 1 aromatic rings. The summed E-state index contributed by atoms with van der Waals surface area (Å²) in [7, 11) is 3.43. The molecular formula is C25H41N5O3. The molecule has 1 amide bonds. The second-order valence-electron chi connectivity index (χ2n) is 9.39. The second-order valence-corrected chi connectivity index (χ2v) is 9.39. The fourth-order valence-corrected chi connectivity index (χ4v) is 4.17. The third-order valence-electron chi connectivity index (χ3n) is 6.45. The van der Waals surface area contributed by atoms with Gasteiger partial charge in [-0.05, 0) is 57.1 Å². The van der Waals surface area contributed by atoms with Gasteiger partial charge in [0.05, 0.1) is 28.9 Å². The van der Waals surface area contributed by atoms with Gasteiger partial charge in [0, 0.05) is 26.6 Å². The molecule has 0 aliphatic heterocycles. The first kappa shape index (κ1) is 25.1. The third-order valence-corrected chi connectivity index (χ3v) is 6.45. The van der Waals surface area contributed by atoms with Gasteiger partial charge in [0.2, 0.25) is 0 Å². The molecular weight excluding hydrogens is 418 g/mol. The van der Waals surface area contributed by atoms with Crippen LogP contribution in [0.4, 0.5) is 4.79 Å². The number of likely N-dealkylation sites (N-methyl/N-ethyl adjacent to an activating group) is 1. The van der Waals surface area contributed by atoms with Gasteiger partial charge in [0.15, 0.2) is 0 Å². The van der Waals surface area contributed by atoms with Gasteiger partial charge in [-0.15, -0.1) is 0 Å². The smallest absolute Gasteiger partial charge is 0.409 e. The zero-order chi connectivity index (χ0) is 23.8. The second kappa shape index (κ2) is 12.1. The number of rotatable bonds is 11. The number of hydrogen-bond donors (Lipinski definition) is 2. The Morgan fingerprint density at radius 3 is 2.48 bits per heavy atom. The summed E-state index contributed by atoms with van der Waals surface area (Å²) in [5.74, 6) is 7.34. The van der Waals surface area contributed by atoms with Gasteiger partial charge < -0.3 is 25.1 Å². The largest absolute Gasteiger partial charge is 0.489 e. The van der Waals surface area contributed by atoms with Crippen molar-refractivity contribution in [2.45, 2.75) is 83.2 Å². The van der Waals surface area contributed by atoms with Gasteiger partial charge in [0.25, 0.3) is 0 Å². The van der Waals surface area contributed by atoms with Crippen LogP contribution in [-0.2, 0) is 4.74 Å². The lowest BCUT2D eigenvalue weighted by Gasteiger charge is -2.25. The van der Waals surface area contributed by atoms with Crippen LogP contribution in [0.25, 0.3) is 5.70 Å². The van der Waals surface area contributed by atoms with Gasteiger partial charge in [-0.3, -0.25) is 0 Å². The number of aromatic nitrogens is 1. The minimum absolute atomic E-state index is 0.0173. The Morgan fingerprint density at radius 1 is 1.12 bits per heavy atom. The molecule has 8 heteroatoms. The van der Waals surface area contributed by atoms with E-state index in [0.717, 1.165) is 56.4 Å². The number of carbonyl (C=O) groups excluding carboxylic acids is 1. The Morgan fingerprint density at radius 2 is 1.85 bits per heavy atom. The molecule has 2 saturated carbocycles. The maximum absolute atomic E-state index is 12.4. The Hall–Kier alpha value is -2.48. The minimum atomic E-state index is -0.388. The van der Waals surface area contributed by atoms with Crippen LogP contribution in [0.15, 0.2) is 17.8 Å². The van der Waals surface area contributed by atoms with E-state index in [0.29, 0.717) is 29.6 Å². The molecule has 0 bridgehead atoms. The zero-order valence-electron chi connectivity index (χ0n) is 20.5. The lowest BCUT2D eigenvalue weighted by Crippen LogP contribution is -2.34. The van der Waals surface area contributed by atoms with E-state index >= 15 is 0 Å². The van der Waals surface area contributed by atoms with Crippen molar-refractivity contribution in [1.82, 2.24) is 14.9 Å². The lowest BCUT2D eigenvalue weighted by atomic mass is 9.98. The van der Waals surface area contributed by atoms with E-state index in [1.807, 2.05) is 12.1 Å². The monoisotopic (exact) mass is 459 g/mol. The summed E-state index contributed by atoms with van der Waals surface area (Å²) < 4.78 is 11.8. The van der Waals surface area contributed by atoms with Crippen LogP contribution in [0, 0.1) is 0 Å². The molecule has 4 N–H and O–H groups in total. The highest BCUT2D eigenvalue weighted by molar-refractivity contribution is 5.68. The van der Waals surface area contributed by atoms with Crippen LogP contribution < -0.4 is 16.3 Å². The van der Waals surface area contributed by atoms with Crippen molar-refractivity contribution in [3.63, 3.8) is 0 Å². The predicted octanol–water partition coefficient (Wildman–Crippen LogP) is 4.36. The normalized spacial score (nSPS) is 17.3. The van der Waals surface area contributed by atoms with Crippen LogP contribution in [0.5, 0.6) is 5.75 Å². The summed E-state index contributed by atoms with van der Waals surface area (Å²) in [6, 6.07) is 3.86. The van der Waals surface area contributed by atoms with E-state index in [1.54, 1.807) is 19.0 Å². The fourth-order valence-electron chi connectivity index (χ4n) is 4.17. The Labute approximate surface area is 198 Å². The molecule has 184 valence electrons. The Kier molecular flexibility index (Phi) is 9.23. The maximum atomic E-state index is 12.4. The molecule has 0 spiro atoms. The first-order valence-corrected chi connectivity index (χ1v) is 12.4. The van der Waals surface area contributed by atoms with E-state index in [-0.39, 0.29) is 18.8 Å². The van der Waals surface area contributed by atoms with Crippen molar-refractivity contribution in [3.05, 3.63) is 29.2 Å². The zero-order valence-corrected chi connectivity index (χ0v) is 20.5. The standard InChI is InChI=1S/C25H41N5O3/c1-4-5-9-16-29(2)25(31)32-17-21(30(3)27)23(26)20-14-15-22(24(28-20)18-12-13-18)33-19-10-7-6-8-11-19/h14-15,18-19H,4-13,16-17,26-27H2,1-3H3/b23-21-. The predicted molar refractivity (Wildman–Crippen MR) is 130 cm³/mol. The molecule has 0 atom stereocenters. The van der Waals surface area contributed by atoms with Crippen molar-refractivity contribution in [2.75, 3.05) is 27.2 Å². The summed E-state index contributed by atoms with van der Waals surface area (Å²) in [5.41, 5.74) is 9.01. The van der Waals surface area contributed by atoms with E-state index in [9.17, 15) is 4.79 Å². The first-order chi connectivity index (χ1) is 15.9. The van der Waals surface area contributed by atoms with Crippen LogP contribution in [0.1, 0.15) is 88.4 Å². The van der Waals surface area contributed by atoms with E-state index < -0.39 is 0 Å². The topological polar surface area (TPSA) is 107 Å². The Balaban J connectivity index is 1.72. The molecule has 2 fully saturated rings. The molecule has 0 unspecified atom stereocenters. The molecule has 2 aliphatic rings. The van der Waals surface area contributed by atoms with Crippen LogP contribution in [-0.4, -0.2) is 54.3 Å². The van der Waals surface area contributed by atoms with Crippen molar-refractivity contribution >= 4 is 11.8 Å². The number of unbranched alkanes of at least 4 members (excludes halogenated alkanes) is 2. The van der Waals surface area contributed by atoms with E-state index in [4.69, 9.17) is 26.0 Å². The van der Waals surface area contributed by atoms with Gasteiger partial charge >= 0.3 is 6.09 Å². The van der Waals surface area contributed by atoms with Crippen LogP contribution in [0.2, 0.25) is 0 Å². The molecule has 2 aliphatic carbocycles. The quantitative estimate of drug-likeness (QED) is 0.287. The molecule has 33 heavy (non-hydrogen) atoms. The molecule has 3 rings (SSSR count). The number of nitrogens with zero attached hydrogens (tertiary/aromatic N) is 3. The molecule has 0 aromatic carbocycles. The third kappa shape index (κ3) is 7.25. The number of nitrogens with two attached hydrogens (primary N) is 2. The van der Waals surface area contributed by atoms with Crippen molar-refractivity contribution in [1.29, 1.82) is 0 Å². The minimum Gasteiger partial charge on any atom is -0.489 e. The SMILES string of the molecule is CCCCCN(C)C(=O)OC/C(=C(/N)c1ccc(OC2CCCCC2)c(C2CC2)n1)N(C)N. The van der Waals surface area contributed by atoms with Gasteiger partial charge in [-0.25, -0.2) is 15.6 Å². The molecule has 0 radical (unpaired) electrons. The number of pyridine rings is 1. The number of carbonyl (C=O) groups is 1. The van der Waals surface area contributed by atoms with Crippen molar-refractivity contribution in [3.8, 4) is 5.75 Å². The summed E-state index contributed by atoms with van der Waals surface area (Å²) in [5, 5.41) is 1.39. The summed E-state index contributed by atoms with van der Waals surface area (Å²) in [4.78, 5) is 18.8. The van der Waals surface area contributed by atoms with Crippen molar-refractivity contribution < 1.29 is 14.3 Å². The first-order valence-electron chi connectivity index (χ1n) is 12.4. The summed E-state index contributed by atoms with van der Waals surface area (Å²) in [6.07, 6.45) is 11.2. The van der Waals surface area contributed by atoms with Gasteiger partial charge in [-0.2, -0.15) is 0 Å². The molecule has 1 heterocycles. The fraction of sp³-hybridized carbons (Fsp3) is 0.680. The average molecular weight is 460 g/mol. The van der Waals surface area contributed by atoms with E-state index in [1.165, 1.54) is 24.3 Å². The molecule has 8 nitrogen and oxygen atoms in total. The lowest BCUT2D eigenvalue weighted by molar-refractivity contribution is 0.112. The highest BCUT2D eigenvalue weighted by Crippen LogP contribution is 2.44. The summed E-state index contributed by atoms with van der Waals surface area (Å²) >= 11 is 0. The van der Waals surface area contributed by atoms with Crippen molar-refractivity contribution in [2.24, 2.45) is 11.6 Å². The van der Waals surface area contributed by atoms with Gasteiger partial charge in [0.1, 0.15) is 12.4 Å². The maximum Gasteiger partial charge on any atom is 0.409 e.